The molecule has 0 N–H and O–H groups in total. The van der Waals surface area contributed by atoms with Gasteiger partial charge in [-0.15, -0.1) is 0 Å². The van der Waals surface area contributed by atoms with Crippen molar-refractivity contribution in [2.45, 2.75) is 17.7 Å². The highest BCUT2D eigenvalue weighted by Gasteiger charge is 2.32. The fourth-order valence-corrected chi connectivity index (χ4v) is 4.54. The molecule has 0 aliphatic carbocycles. The van der Waals surface area contributed by atoms with Crippen molar-refractivity contribution < 1.29 is 27.1 Å². The van der Waals surface area contributed by atoms with Gasteiger partial charge in [-0.05, 0) is 37.1 Å². The Morgan fingerprint density at radius 3 is 2.32 bits per heavy atom. The Morgan fingerprint density at radius 2 is 1.64 bits per heavy atom. The van der Waals surface area contributed by atoms with Gasteiger partial charge in [-0.25, -0.2) is 12.8 Å². The Kier molecular flexibility index (Phi) is 6.64. The van der Waals surface area contributed by atoms with Gasteiger partial charge in [0.2, 0.25) is 10.0 Å². The van der Waals surface area contributed by atoms with Crippen LogP contribution in [0.15, 0.2) is 59.5 Å². The molecule has 2 aromatic carbocycles. The molecule has 0 aromatic heterocycles. The molecular weight excluding hydrogens is 385 g/mol. The van der Waals surface area contributed by atoms with E-state index < -0.39 is 15.8 Å². The van der Waals surface area contributed by atoms with Crippen LogP contribution in [0.25, 0.3) is 0 Å². The first-order valence-corrected chi connectivity index (χ1v) is 10.5. The summed E-state index contributed by atoms with van der Waals surface area (Å²) in [6, 6.07) is 14.3. The Labute approximate surface area is 163 Å². The molecule has 1 saturated heterocycles. The summed E-state index contributed by atoms with van der Waals surface area (Å²) >= 11 is 0. The summed E-state index contributed by atoms with van der Waals surface area (Å²) in [5, 5.41) is 0. The predicted octanol–water partition coefficient (Wildman–Crippen LogP) is 2.85. The van der Waals surface area contributed by atoms with Gasteiger partial charge in [0.05, 0.1) is 10.8 Å². The number of nitrogens with zero attached hydrogens (tertiary/aromatic N) is 1. The second-order valence-corrected chi connectivity index (χ2v) is 8.38. The van der Waals surface area contributed by atoms with Crippen LogP contribution in [0, 0.1) is 11.7 Å². The SMILES string of the molecule is O=C(OCCOc1ccccc1F)C1CCN(S(=O)(=O)c2ccccc2)CC1. The highest BCUT2D eigenvalue weighted by molar-refractivity contribution is 7.89. The zero-order valence-electron chi connectivity index (χ0n) is 15.3. The smallest absolute Gasteiger partial charge is 0.309 e. The quantitative estimate of drug-likeness (QED) is 0.521. The Hall–Kier alpha value is -2.45. The van der Waals surface area contributed by atoms with Crippen molar-refractivity contribution in [2.75, 3.05) is 26.3 Å². The maximum Gasteiger partial charge on any atom is 0.309 e. The second kappa shape index (κ2) is 9.16. The molecule has 0 spiro atoms. The molecule has 2 aromatic rings. The summed E-state index contributed by atoms with van der Waals surface area (Å²) in [6.07, 6.45) is 0.804. The molecule has 0 saturated carbocycles. The van der Waals surface area contributed by atoms with Crippen LogP contribution in [-0.2, 0) is 19.6 Å². The summed E-state index contributed by atoms with van der Waals surface area (Å²) in [7, 11) is -3.54. The third-order valence-electron chi connectivity index (χ3n) is 4.59. The number of benzene rings is 2. The van der Waals surface area contributed by atoms with Crippen molar-refractivity contribution in [3.05, 3.63) is 60.4 Å². The molecule has 6 nitrogen and oxygen atoms in total. The van der Waals surface area contributed by atoms with E-state index in [0.717, 1.165) is 0 Å². The van der Waals surface area contributed by atoms with Crippen molar-refractivity contribution in [3.8, 4) is 5.75 Å². The first kappa shape index (κ1) is 20.3. The lowest BCUT2D eigenvalue weighted by Gasteiger charge is -2.30. The largest absolute Gasteiger partial charge is 0.487 e. The summed E-state index contributed by atoms with van der Waals surface area (Å²) in [5.74, 6) is -1.09. The first-order valence-electron chi connectivity index (χ1n) is 9.07. The van der Waals surface area contributed by atoms with Crippen molar-refractivity contribution >= 4 is 16.0 Å². The molecule has 0 radical (unpaired) electrons. The fraction of sp³-hybridized carbons (Fsp3) is 0.350. The van der Waals surface area contributed by atoms with Gasteiger partial charge in [0, 0.05) is 13.1 Å². The molecule has 1 aliphatic rings. The third kappa shape index (κ3) is 4.88. The van der Waals surface area contributed by atoms with Gasteiger partial charge >= 0.3 is 5.97 Å². The monoisotopic (exact) mass is 407 g/mol. The van der Waals surface area contributed by atoms with E-state index in [9.17, 15) is 17.6 Å². The van der Waals surface area contributed by atoms with Crippen LogP contribution in [0.1, 0.15) is 12.8 Å². The number of sulfonamides is 1. The van der Waals surface area contributed by atoms with Crippen molar-refractivity contribution in [2.24, 2.45) is 5.92 Å². The maximum absolute atomic E-state index is 13.4. The Balaban J connectivity index is 1.43. The molecular formula is C20H22FNO5S. The molecule has 3 rings (SSSR count). The predicted molar refractivity (Wildman–Crippen MR) is 101 cm³/mol. The average Bonchev–Trinajstić information content (AvgIpc) is 2.73. The number of ether oxygens (including phenoxy) is 2. The van der Waals surface area contributed by atoms with E-state index in [4.69, 9.17) is 9.47 Å². The molecule has 28 heavy (non-hydrogen) atoms. The van der Waals surface area contributed by atoms with Crippen molar-refractivity contribution in [3.63, 3.8) is 0 Å². The molecule has 0 amide bonds. The zero-order chi connectivity index (χ0) is 20.0. The van der Waals surface area contributed by atoms with Crippen LogP contribution in [0.2, 0.25) is 0 Å². The van der Waals surface area contributed by atoms with Gasteiger partial charge in [-0.3, -0.25) is 4.79 Å². The van der Waals surface area contributed by atoms with Crippen molar-refractivity contribution in [1.29, 1.82) is 0 Å². The van der Waals surface area contributed by atoms with Gasteiger partial charge in [0.25, 0.3) is 0 Å². The van der Waals surface area contributed by atoms with Crippen LogP contribution in [0.4, 0.5) is 4.39 Å². The van der Waals surface area contributed by atoms with Crippen molar-refractivity contribution in [1.82, 2.24) is 4.31 Å². The van der Waals surface area contributed by atoms with Crippen LogP contribution in [0.3, 0.4) is 0 Å². The molecule has 8 heteroatoms. The minimum Gasteiger partial charge on any atom is -0.487 e. The number of rotatable bonds is 7. The van der Waals surface area contributed by atoms with Crippen LogP contribution in [-0.4, -0.2) is 45.0 Å². The summed E-state index contributed by atoms with van der Waals surface area (Å²) in [6.45, 7) is 0.592. The van der Waals surface area contributed by atoms with Gasteiger partial charge in [0.15, 0.2) is 11.6 Å². The van der Waals surface area contributed by atoms with E-state index in [-0.39, 0.29) is 48.8 Å². The minimum atomic E-state index is -3.54. The van der Waals surface area contributed by atoms with E-state index in [1.807, 2.05) is 0 Å². The number of para-hydroxylation sites is 1. The number of carbonyl (C=O) groups excluding carboxylic acids is 1. The topological polar surface area (TPSA) is 72.9 Å². The molecule has 1 heterocycles. The van der Waals surface area contributed by atoms with Gasteiger partial charge in [-0.2, -0.15) is 4.31 Å². The van der Waals surface area contributed by atoms with E-state index in [1.54, 1.807) is 42.5 Å². The zero-order valence-corrected chi connectivity index (χ0v) is 16.1. The third-order valence-corrected chi connectivity index (χ3v) is 6.50. The summed E-state index contributed by atoms with van der Waals surface area (Å²) in [4.78, 5) is 12.4. The number of hydrogen-bond donors (Lipinski definition) is 0. The van der Waals surface area contributed by atoms with Crippen LogP contribution < -0.4 is 4.74 Å². The first-order chi connectivity index (χ1) is 13.5. The number of esters is 1. The number of piperidine rings is 1. The lowest BCUT2D eigenvalue weighted by atomic mass is 9.98. The molecule has 1 fully saturated rings. The number of carbonyl (C=O) groups is 1. The number of hydrogen-bond acceptors (Lipinski definition) is 5. The molecule has 150 valence electrons. The Morgan fingerprint density at radius 1 is 1.00 bits per heavy atom. The molecule has 0 atom stereocenters. The molecule has 0 bridgehead atoms. The van der Waals surface area contributed by atoms with Gasteiger partial charge in [-0.1, -0.05) is 30.3 Å². The van der Waals surface area contributed by atoms with Crippen LogP contribution >= 0.6 is 0 Å². The summed E-state index contributed by atoms with van der Waals surface area (Å²) in [5.41, 5.74) is 0. The minimum absolute atomic E-state index is 0.00962. The maximum atomic E-state index is 13.4. The standard InChI is InChI=1S/C20H22FNO5S/c21-18-8-4-5-9-19(18)26-14-15-27-20(23)16-10-12-22(13-11-16)28(24,25)17-6-2-1-3-7-17/h1-9,16H,10-15H2. The normalized spacial score (nSPS) is 15.9. The van der Waals surface area contributed by atoms with Gasteiger partial charge < -0.3 is 9.47 Å². The lowest BCUT2D eigenvalue weighted by Crippen LogP contribution is -2.40. The lowest BCUT2D eigenvalue weighted by molar-refractivity contribution is -0.150. The van der Waals surface area contributed by atoms with E-state index >= 15 is 0 Å². The van der Waals surface area contributed by atoms with Crippen LogP contribution in [0.5, 0.6) is 5.75 Å². The van der Waals surface area contributed by atoms with Gasteiger partial charge in [0.1, 0.15) is 13.2 Å². The average molecular weight is 407 g/mol. The van der Waals surface area contributed by atoms with E-state index in [1.165, 1.54) is 16.4 Å². The second-order valence-electron chi connectivity index (χ2n) is 6.44. The molecule has 1 aliphatic heterocycles. The van der Waals surface area contributed by atoms with E-state index in [2.05, 4.69) is 0 Å². The van der Waals surface area contributed by atoms with E-state index in [0.29, 0.717) is 12.8 Å². The fourth-order valence-electron chi connectivity index (χ4n) is 3.05. The Bertz CT molecular complexity index is 896. The summed E-state index contributed by atoms with van der Waals surface area (Å²) < 4.78 is 50.5. The number of halogens is 1. The molecule has 0 unspecified atom stereocenters. The highest BCUT2D eigenvalue weighted by Crippen LogP contribution is 2.24. The highest BCUT2D eigenvalue weighted by atomic mass is 32.2.